The van der Waals surface area contributed by atoms with Gasteiger partial charge < -0.3 is 9.84 Å². The summed E-state index contributed by atoms with van der Waals surface area (Å²) >= 11 is 1.86. The zero-order valence-electron chi connectivity index (χ0n) is 10.4. The fraction of sp³-hybridized carbons (Fsp3) is 0.917. The molecule has 0 aromatic heterocycles. The van der Waals surface area contributed by atoms with Gasteiger partial charge in [0.1, 0.15) is 0 Å². The zero-order valence-corrected chi connectivity index (χ0v) is 11.2. The predicted octanol–water partition coefficient (Wildman–Crippen LogP) is 2.79. The van der Waals surface area contributed by atoms with E-state index in [1.165, 1.54) is 0 Å². The van der Waals surface area contributed by atoms with Crippen molar-refractivity contribution in [2.45, 2.75) is 45.1 Å². The minimum Gasteiger partial charge on any atom is -0.481 e. The monoisotopic (exact) mass is 246 g/mol. The van der Waals surface area contributed by atoms with Crippen LogP contribution in [0.5, 0.6) is 0 Å². The number of rotatable bonds is 8. The van der Waals surface area contributed by atoms with E-state index in [1.807, 2.05) is 11.8 Å². The van der Waals surface area contributed by atoms with Crippen molar-refractivity contribution >= 4 is 17.7 Å². The van der Waals surface area contributed by atoms with Crippen LogP contribution in [-0.4, -0.2) is 35.3 Å². The van der Waals surface area contributed by atoms with Gasteiger partial charge in [-0.3, -0.25) is 4.79 Å². The number of thioether (sulfide) groups is 1. The van der Waals surface area contributed by atoms with Crippen LogP contribution in [0.2, 0.25) is 0 Å². The first-order valence-electron chi connectivity index (χ1n) is 5.74. The van der Waals surface area contributed by atoms with Crippen molar-refractivity contribution in [1.82, 2.24) is 0 Å². The van der Waals surface area contributed by atoms with Crippen LogP contribution in [0.1, 0.15) is 39.5 Å². The van der Waals surface area contributed by atoms with Crippen molar-refractivity contribution in [2.75, 3.05) is 18.6 Å². The number of aliphatic carboxylic acids is 1. The Kier molecular flexibility index (Phi) is 4.68. The molecular formula is C12H22O3S. The summed E-state index contributed by atoms with van der Waals surface area (Å²) in [5, 5.41) is 8.78. The van der Waals surface area contributed by atoms with Gasteiger partial charge in [-0.2, -0.15) is 11.8 Å². The number of carbonyl (C=O) groups is 1. The van der Waals surface area contributed by atoms with Crippen LogP contribution in [-0.2, 0) is 9.53 Å². The highest BCUT2D eigenvalue weighted by Gasteiger charge is 2.44. The quantitative estimate of drug-likeness (QED) is 0.669. The fourth-order valence-corrected chi connectivity index (χ4v) is 3.18. The van der Waals surface area contributed by atoms with E-state index in [2.05, 4.69) is 13.8 Å². The van der Waals surface area contributed by atoms with E-state index in [9.17, 15) is 4.79 Å². The summed E-state index contributed by atoms with van der Waals surface area (Å²) in [6.07, 6.45) is 3.52. The average molecular weight is 246 g/mol. The first kappa shape index (κ1) is 13.8. The van der Waals surface area contributed by atoms with Crippen molar-refractivity contribution < 1.29 is 14.6 Å². The highest BCUT2D eigenvalue weighted by atomic mass is 32.2. The van der Waals surface area contributed by atoms with E-state index in [-0.39, 0.29) is 11.0 Å². The molecule has 0 atom stereocenters. The van der Waals surface area contributed by atoms with Gasteiger partial charge in [-0.25, -0.2) is 0 Å². The molecule has 0 aromatic rings. The lowest BCUT2D eigenvalue weighted by atomic mass is 10.1. The normalized spacial score (nSPS) is 18.4. The summed E-state index contributed by atoms with van der Waals surface area (Å²) in [6.45, 7) is 4.16. The maximum absolute atomic E-state index is 10.7. The summed E-state index contributed by atoms with van der Waals surface area (Å²) in [4.78, 5) is 10.7. The zero-order chi connectivity index (χ0) is 12.2. The van der Waals surface area contributed by atoms with Crippen LogP contribution in [0.3, 0.4) is 0 Å². The first-order valence-corrected chi connectivity index (χ1v) is 6.89. The SMILES string of the molecule is COC(C)(C)CCSCC1(CC(=O)O)CC1. The van der Waals surface area contributed by atoms with Gasteiger partial charge in [-0.15, -0.1) is 0 Å². The minimum absolute atomic E-state index is 0.0590. The molecule has 1 rings (SSSR count). The van der Waals surface area contributed by atoms with Gasteiger partial charge in [-0.1, -0.05) is 0 Å². The molecule has 4 heteroatoms. The van der Waals surface area contributed by atoms with Gasteiger partial charge in [0.05, 0.1) is 12.0 Å². The highest BCUT2D eigenvalue weighted by molar-refractivity contribution is 7.99. The molecule has 0 heterocycles. The molecule has 0 bridgehead atoms. The van der Waals surface area contributed by atoms with Crippen LogP contribution in [0.4, 0.5) is 0 Å². The van der Waals surface area contributed by atoms with Crippen molar-refractivity contribution in [2.24, 2.45) is 5.41 Å². The molecule has 0 spiro atoms. The van der Waals surface area contributed by atoms with E-state index >= 15 is 0 Å². The Morgan fingerprint density at radius 1 is 1.50 bits per heavy atom. The minimum atomic E-state index is -0.657. The van der Waals surface area contributed by atoms with Crippen LogP contribution in [0.25, 0.3) is 0 Å². The first-order chi connectivity index (χ1) is 7.39. The van der Waals surface area contributed by atoms with E-state index in [0.29, 0.717) is 6.42 Å². The van der Waals surface area contributed by atoms with Crippen molar-refractivity contribution in [3.63, 3.8) is 0 Å². The van der Waals surface area contributed by atoms with Gasteiger partial charge in [0, 0.05) is 7.11 Å². The standard InChI is InChI=1S/C12H22O3S/c1-11(2,15-3)6-7-16-9-12(4-5-12)8-10(13)14/h4-9H2,1-3H3,(H,13,14). The maximum Gasteiger partial charge on any atom is 0.303 e. The molecule has 3 nitrogen and oxygen atoms in total. The largest absolute Gasteiger partial charge is 0.481 e. The topological polar surface area (TPSA) is 46.5 Å². The Balaban J connectivity index is 2.14. The molecule has 1 fully saturated rings. The van der Waals surface area contributed by atoms with Gasteiger partial charge in [-0.05, 0) is 50.0 Å². The lowest BCUT2D eigenvalue weighted by Gasteiger charge is -2.22. The van der Waals surface area contributed by atoms with Gasteiger partial charge >= 0.3 is 5.97 Å². The summed E-state index contributed by atoms with van der Waals surface area (Å²) in [5.41, 5.74) is 0.0597. The van der Waals surface area contributed by atoms with E-state index in [1.54, 1.807) is 7.11 Å². The lowest BCUT2D eigenvalue weighted by molar-refractivity contribution is -0.138. The highest BCUT2D eigenvalue weighted by Crippen LogP contribution is 2.51. The molecule has 16 heavy (non-hydrogen) atoms. The molecule has 0 amide bonds. The van der Waals surface area contributed by atoms with E-state index in [0.717, 1.165) is 30.8 Å². The number of hydrogen-bond donors (Lipinski definition) is 1. The van der Waals surface area contributed by atoms with Crippen LogP contribution in [0, 0.1) is 5.41 Å². The number of carboxylic acids is 1. The van der Waals surface area contributed by atoms with Crippen molar-refractivity contribution in [1.29, 1.82) is 0 Å². The van der Waals surface area contributed by atoms with Crippen LogP contribution in [0.15, 0.2) is 0 Å². The average Bonchev–Trinajstić information content (AvgIpc) is 2.92. The van der Waals surface area contributed by atoms with Gasteiger partial charge in [0.15, 0.2) is 0 Å². The Morgan fingerprint density at radius 2 is 2.12 bits per heavy atom. The molecule has 0 aliphatic heterocycles. The van der Waals surface area contributed by atoms with E-state index < -0.39 is 5.97 Å². The second-order valence-electron chi connectivity index (χ2n) is 5.34. The Morgan fingerprint density at radius 3 is 2.56 bits per heavy atom. The summed E-state index contributed by atoms with van der Waals surface area (Å²) in [5.74, 6) is 1.37. The smallest absolute Gasteiger partial charge is 0.303 e. The third kappa shape index (κ3) is 4.74. The Hall–Kier alpha value is -0.220. The second kappa shape index (κ2) is 5.41. The van der Waals surface area contributed by atoms with Crippen LogP contribution >= 0.6 is 11.8 Å². The third-order valence-corrected chi connectivity index (χ3v) is 4.60. The fourth-order valence-electron chi connectivity index (χ4n) is 1.58. The third-order valence-electron chi connectivity index (χ3n) is 3.29. The summed E-state index contributed by atoms with van der Waals surface area (Å²) < 4.78 is 5.34. The molecule has 1 N–H and O–H groups in total. The Bertz CT molecular complexity index is 247. The molecule has 0 aromatic carbocycles. The van der Waals surface area contributed by atoms with Crippen LogP contribution < -0.4 is 0 Å². The molecular weight excluding hydrogens is 224 g/mol. The number of methoxy groups -OCH3 is 1. The molecule has 0 unspecified atom stereocenters. The summed E-state index contributed by atoms with van der Waals surface area (Å²) in [7, 11) is 1.73. The molecule has 94 valence electrons. The predicted molar refractivity (Wildman–Crippen MR) is 66.9 cm³/mol. The molecule has 0 radical (unpaired) electrons. The molecule has 1 aliphatic rings. The van der Waals surface area contributed by atoms with Crippen molar-refractivity contribution in [3.05, 3.63) is 0 Å². The van der Waals surface area contributed by atoms with Gasteiger partial charge in [0.2, 0.25) is 0 Å². The number of carboxylic acid groups (broad SMARTS) is 1. The van der Waals surface area contributed by atoms with E-state index in [4.69, 9.17) is 9.84 Å². The number of hydrogen-bond acceptors (Lipinski definition) is 3. The molecule has 0 saturated heterocycles. The molecule has 1 aliphatic carbocycles. The second-order valence-corrected chi connectivity index (χ2v) is 6.44. The lowest BCUT2D eigenvalue weighted by Crippen LogP contribution is -2.23. The van der Waals surface area contributed by atoms with Crippen molar-refractivity contribution in [3.8, 4) is 0 Å². The maximum atomic E-state index is 10.7. The van der Waals surface area contributed by atoms with Gasteiger partial charge in [0.25, 0.3) is 0 Å². The summed E-state index contributed by atoms with van der Waals surface area (Å²) in [6, 6.07) is 0. The number of ether oxygens (including phenoxy) is 1. The Labute approximate surface area is 102 Å². The molecule has 1 saturated carbocycles.